The molecule has 0 heterocycles. The van der Waals surface area contributed by atoms with Crippen molar-refractivity contribution in [2.45, 2.75) is 39.2 Å². The smallest absolute Gasteiger partial charge is 0.119 e. The first kappa shape index (κ1) is 16.6. The van der Waals surface area contributed by atoms with E-state index in [2.05, 4.69) is 18.8 Å². The Labute approximate surface area is 122 Å². The average Bonchev–Trinajstić information content (AvgIpc) is 2.49. The monoisotopic (exact) mass is 275 g/mol. The minimum Gasteiger partial charge on any atom is -0.497 e. The molecule has 0 aliphatic carbocycles. The van der Waals surface area contributed by atoms with Crippen molar-refractivity contribution in [2.24, 2.45) is 5.73 Å². The molecule has 1 rings (SSSR count). The van der Waals surface area contributed by atoms with Crippen LogP contribution in [0.3, 0.4) is 0 Å². The molecule has 0 unspecified atom stereocenters. The van der Waals surface area contributed by atoms with E-state index >= 15 is 0 Å². The number of rotatable bonds is 8. The first-order chi connectivity index (χ1) is 9.81. The van der Waals surface area contributed by atoms with Crippen molar-refractivity contribution in [1.29, 1.82) is 0 Å². The second kappa shape index (κ2) is 10.3. The number of benzene rings is 1. The second-order valence-corrected chi connectivity index (χ2v) is 4.64. The van der Waals surface area contributed by atoms with Crippen molar-refractivity contribution in [2.75, 3.05) is 20.3 Å². The zero-order valence-corrected chi connectivity index (χ0v) is 12.6. The van der Waals surface area contributed by atoms with Crippen molar-refractivity contribution >= 4 is 0 Å². The first-order valence-electron chi connectivity index (χ1n) is 7.25. The molecule has 2 N–H and O–H groups in total. The van der Waals surface area contributed by atoms with E-state index in [9.17, 15) is 0 Å². The summed E-state index contributed by atoms with van der Waals surface area (Å²) in [5, 5.41) is 0. The van der Waals surface area contributed by atoms with E-state index in [-0.39, 0.29) is 0 Å². The first-order valence-corrected chi connectivity index (χ1v) is 7.25. The van der Waals surface area contributed by atoms with E-state index in [1.165, 1.54) is 19.3 Å². The number of hydrogen-bond acceptors (Lipinski definition) is 3. The van der Waals surface area contributed by atoms with Gasteiger partial charge in [0, 0.05) is 12.2 Å². The standard InChI is InChI=1S/C17H25NO2/c1-3-4-5-6-12-20-14-16-13-17(19-2)10-9-15(16)8-7-11-18/h9-10,13H,3-6,11-12,14,18H2,1-2H3. The maximum absolute atomic E-state index is 5.73. The molecule has 3 nitrogen and oxygen atoms in total. The molecule has 0 bridgehead atoms. The normalized spacial score (nSPS) is 9.95. The molecule has 0 saturated carbocycles. The fraction of sp³-hybridized carbons (Fsp3) is 0.529. The van der Waals surface area contributed by atoms with E-state index in [1.54, 1.807) is 7.11 Å². The van der Waals surface area contributed by atoms with Crippen LogP contribution in [0.25, 0.3) is 0 Å². The third kappa shape index (κ3) is 6.10. The summed E-state index contributed by atoms with van der Waals surface area (Å²) in [5.41, 5.74) is 7.44. The Morgan fingerprint density at radius 2 is 2.05 bits per heavy atom. The second-order valence-electron chi connectivity index (χ2n) is 4.64. The zero-order chi connectivity index (χ0) is 14.6. The average molecular weight is 275 g/mol. The van der Waals surface area contributed by atoms with Crippen molar-refractivity contribution in [3.8, 4) is 17.6 Å². The van der Waals surface area contributed by atoms with E-state index in [4.69, 9.17) is 15.2 Å². The van der Waals surface area contributed by atoms with Crippen LogP contribution in [0.15, 0.2) is 18.2 Å². The number of hydrogen-bond donors (Lipinski definition) is 1. The van der Waals surface area contributed by atoms with Gasteiger partial charge in [-0.1, -0.05) is 38.0 Å². The largest absolute Gasteiger partial charge is 0.497 e. The highest BCUT2D eigenvalue weighted by molar-refractivity contribution is 5.45. The van der Waals surface area contributed by atoms with Crippen molar-refractivity contribution in [3.63, 3.8) is 0 Å². The summed E-state index contributed by atoms with van der Waals surface area (Å²) in [7, 11) is 1.66. The summed E-state index contributed by atoms with van der Waals surface area (Å²) in [6.07, 6.45) is 4.86. The lowest BCUT2D eigenvalue weighted by atomic mass is 10.1. The maximum Gasteiger partial charge on any atom is 0.119 e. The minimum absolute atomic E-state index is 0.364. The number of methoxy groups -OCH3 is 1. The number of unbranched alkanes of at least 4 members (excludes halogenated alkanes) is 3. The van der Waals surface area contributed by atoms with Gasteiger partial charge in [-0.25, -0.2) is 0 Å². The van der Waals surface area contributed by atoms with Gasteiger partial charge in [-0.05, 0) is 30.2 Å². The van der Waals surface area contributed by atoms with E-state index < -0.39 is 0 Å². The van der Waals surface area contributed by atoms with Gasteiger partial charge in [0.15, 0.2) is 0 Å². The topological polar surface area (TPSA) is 44.5 Å². The van der Waals surface area contributed by atoms with E-state index in [0.717, 1.165) is 29.9 Å². The van der Waals surface area contributed by atoms with Crippen LogP contribution < -0.4 is 10.5 Å². The predicted molar refractivity (Wildman–Crippen MR) is 82.7 cm³/mol. The lowest BCUT2D eigenvalue weighted by Crippen LogP contribution is -1.99. The van der Waals surface area contributed by atoms with Crippen LogP contribution in [0.1, 0.15) is 43.7 Å². The summed E-state index contributed by atoms with van der Waals surface area (Å²) in [5.74, 6) is 6.78. The van der Waals surface area contributed by atoms with Crippen molar-refractivity contribution in [3.05, 3.63) is 29.3 Å². The Morgan fingerprint density at radius 1 is 1.20 bits per heavy atom. The van der Waals surface area contributed by atoms with E-state index in [1.807, 2.05) is 18.2 Å². The van der Waals surface area contributed by atoms with Gasteiger partial charge in [0.2, 0.25) is 0 Å². The molecule has 0 aliphatic rings. The van der Waals surface area contributed by atoms with Gasteiger partial charge in [-0.3, -0.25) is 0 Å². The van der Waals surface area contributed by atoms with Gasteiger partial charge < -0.3 is 15.2 Å². The molecule has 3 heteroatoms. The van der Waals surface area contributed by atoms with Gasteiger partial charge in [0.1, 0.15) is 5.75 Å². The van der Waals surface area contributed by atoms with Crippen LogP contribution in [0.4, 0.5) is 0 Å². The summed E-state index contributed by atoms with van der Waals surface area (Å²) < 4.78 is 11.0. The summed E-state index contributed by atoms with van der Waals surface area (Å²) in [4.78, 5) is 0. The molecule has 0 spiro atoms. The third-order valence-corrected chi connectivity index (χ3v) is 3.04. The van der Waals surface area contributed by atoms with Gasteiger partial charge >= 0.3 is 0 Å². The molecular weight excluding hydrogens is 250 g/mol. The van der Waals surface area contributed by atoms with E-state index in [0.29, 0.717) is 13.2 Å². The molecule has 0 aromatic heterocycles. The highest BCUT2D eigenvalue weighted by Gasteiger charge is 2.03. The molecule has 1 aromatic rings. The third-order valence-electron chi connectivity index (χ3n) is 3.04. The van der Waals surface area contributed by atoms with Crippen LogP contribution in [-0.2, 0) is 11.3 Å². The molecule has 0 atom stereocenters. The quantitative estimate of drug-likeness (QED) is 0.585. The highest BCUT2D eigenvalue weighted by Crippen LogP contribution is 2.18. The van der Waals surface area contributed by atoms with Crippen LogP contribution in [-0.4, -0.2) is 20.3 Å². The van der Waals surface area contributed by atoms with Gasteiger partial charge in [0.05, 0.1) is 20.3 Å². The molecule has 110 valence electrons. The van der Waals surface area contributed by atoms with Crippen LogP contribution in [0.5, 0.6) is 5.75 Å². The van der Waals surface area contributed by atoms with Crippen LogP contribution >= 0.6 is 0 Å². The Balaban J connectivity index is 2.56. The summed E-state index contributed by atoms with van der Waals surface area (Å²) in [6.45, 7) is 3.93. The highest BCUT2D eigenvalue weighted by atomic mass is 16.5. The molecule has 0 aliphatic heterocycles. The fourth-order valence-corrected chi connectivity index (χ4v) is 1.90. The van der Waals surface area contributed by atoms with Crippen molar-refractivity contribution in [1.82, 2.24) is 0 Å². The molecule has 1 aromatic carbocycles. The SMILES string of the molecule is CCCCCCOCc1cc(OC)ccc1C#CCN. The predicted octanol–water partition coefficient (Wildman–Crippen LogP) is 3.10. The molecule has 20 heavy (non-hydrogen) atoms. The molecule has 0 fully saturated rings. The Kier molecular flexibility index (Phi) is 8.53. The molecular formula is C17H25NO2. The lowest BCUT2D eigenvalue weighted by molar-refractivity contribution is 0.116. The van der Waals surface area contributed by atoms with Gasteiger partial charge in [-0.15, -0.1) is 0 Å². The summed E-state index contributed by atoms with van der Waals surface area (Å²) >= 11 is 0. The fourth-order valence-electron chi connectivity index (χ4n) is 1.90. The lowest BCUT2D eigenvalue weighted by Gasteiger charge is -2.09. The number of ether oxygens (including phenoxy) is 2. The van der Waals surface area contributed by atoms with Gasteiger partial charge in [0.25, 0.3) is 0 Å². The minimum atomic E-state index is 0.364. The molecule has 0 amide bonds. The Hall–Kier alpha value is -1.50. The Bertz CT molecular complexity index is 446. The van der Waals surface area contributed by atoms with Crippen molar-refractivity contribution < 1.29 is 9.47 Å². The number of nitrogens with two attached hydrogens (primary N) is 1. The van der Waals surface area contributed by atoms with Gasteiger partial charge in [-0.2, -0.15) is 0 Å². The van der Waals surface area contributed by atoms with Crippen LogP contribution in [0.2, 0.25) is 0 Å². The zero-order valence-electron chi connectivity index (χ0n) is 12.6. The molecule has 0 saturated heterocycles. The maximum atomic E-state index is 5.73. The Morgan fingerprint density at radius 3 is 2.75 bits per heavy atom. The van der Waals surface area contributed by atoms with Crippen LogP contribution in [0, 0.1) is 11.8 Å². The molecule has 0 radical (unpaired) electrons. The summed E-state index contributed by atoms with van der Waals surface area (Å²) in [6, 6.07) is 5.84.